The molecule has 0 amide bonds. The third kappa shape index (κ3) is 11.2. The standard InChI is InChI=1S/C22H37O8/c1-3-4-5-9-13-17(21(27)28)18(22(29)30)14-11-8-6-7-10-12-16(20(25)26)15(2)19(23)24/h15-18H,2-14H2,1H3,(H,23,24)(H,25,26)(H,27,28)(H,29,30). The van der Waals surface area contributed by atoms with Crippen molar-refractivity contribution in [2.75, 3.05) is 0 Å². The molecule has 0 saturated carbocycles. The molecule has 0 spiro atoms. The van der Waals surface area contributed by atoms with E-state index in [2.05, 4.69) is 13.8 Å². The molecule has 0 aliphatic rings. The van der Waals surface area contributed by atoms with E-state index in [1.54, 1.807) is 0 Å². The fourth-order valence-corrected chi connectivity index (χ4v) is 3.71. The molecule has 0 fully saturated rings. The van der Waals surface area contributed by atoms with Crippen molar-refractivity contribution >= 4 is 23.9 Å². The summed E-state index contributed by atoms with van der Waals surface area (Å²) in [7, 11) is 0. The fraction of sp³-hybridized carbons (Fsp3) is 0.773. The van der Waals surface area contributed by atoms with Crippen molar-refractivity contribution in [1.29, 1.82) is 0 Å². The Bertz CT molecular complexity index is 545. The van der Waals surface area contributed by atoms with E-state index in [0.717, 1.165) is 32.1 Å². The van der Waals surface area contributed by atoms with Crippen LogP contribution in [0.15, 0.2) is 0 Å². The number of carbonyl (C=O) groups is 4. The Morgan fingerprint density at radius 3 is 1.23 bits per heavy atom. The summed E-state index contributed by atoms with van der Waals surface area (Å²) in [6.07, 6.45) is 7.86. The van der Waals surface area contributed by atoms with Gasteiger partial charge in [-0.1, -0.05) is 64.7 Å². The Labute approximate surface area is 178 Å². The molecule has 8 nitrogen and oxygen atoms in total. The van der Waals surface area contributed by atoms with Gasteiger partial charge < -0.3 is 20.4 Å². The molecule has 0 bridgehead atoms. The second kappa shape index (κ2) is 15.7. The zero-order valence-electron chi connectivity index (χ0n) is 17.9. The van der Waals surface area contributed by atoms with Crippen LogP contribution in [-0.4, -0.2) is 44.3 Å². The molecular formula is C22H37O8. The molecule has 0 aromatic rings. The number of carboxylic acid groups (broad SMARTS) is 4. The quantitative estimate of drug-likeness (QED) is 0.222. The average Bonchev–Trinajstić information content (AvgIpc) is 2.66. The molecule has 4 atom stereocenters. The highest BCUT2D eigenvalue weighted by Gasteiger charge is 2.33. The molecule has 0 aromatic heterocycles. The number of unbranched alkanes of at least 4 members (excludes halogenated alkanes) is 7. The lowest BCUT2D eigenvalue weighted by Gasteiger charge is -2.20. The van der Waals surface area contributed by atoms with Crippen LogP contribution < -0.4 is 0 Å². The normalized spacial score (nSPS) is 15.1. The predicted molar refractivity (Wildman–Crippen MR) is 111 cm³/mol. The smallest absolute Gasteiger partial charge is 0.307 e. The van der Waals surface area contributed by atoms with Crippen LogP contribution in [0.3, 0.4) is 0 Å². The Balaban J connectivity index is 4.35. The molecule has 0 aliphatic heterocycles. The predicted octanol–water partition coefficient (Wildman–Crippen LogP) is 4.32. The van der Waals surface area contributed by atoms with Crippen molar-refractivity contribution in [2.24, 2.45) is 23.7 Å². The topological polar surface area (TPSA) is 149 Å². The molecule has 173 valence electrons. The first-order chi connectivity index (χ1) is 14.1. The molecule has 4 N–H and O–H groups in total. The van der Waals surface area contributed by atoms with E-state index in [0.29, 0.717) is 38.5 Å². The van der Waals surface area contributed by atoms with E-state index >= 15 is 0 Å². The third-order valence-corrected chi connectivity index (χ3v) is 5.64. The number of hydrogen-bond acceptors (Lipinski definition) is 4. The minimum Gasteiger partial charge on any atom is -0.481 e. The van der Waals surface area contributed by atoms with Crippen LogP contribution in [0.25, 0.3) is 0 Å². The lowest BCUT2D eigenvalue weighted by molar-refractivity contribution is -0.154. The molecule has 0 aliphatic carbocycles. The number of carboxylic acids is 4. The van der Waals surface area contributed by atoms with Crippen molar-refractivity contribution < 1.29 is 39.6 Å². The van der Waals surface area contributed by atoms with Crippen molar-refractivity contribution in [1.82, 2.24) is 0 Å². The van der Waals surface area contributed by atoms with Crippen LogP contribution in [0.4, 0.5) is 0 Å². The van der Waals surface area contributed by atoms with Gasteiger partial charge in [0.2, 0.25) is 0 Å². The lowest BCUT2D eigenvalue weighted by atomic mass is 9.84. The van der Waals surface area contributed by atoms with Gasteiger partial charge in [-0.3, -0.25) is 19.2 Å². The van der Waals surface area contributed by atoms with Gasteiger partial charge in [0, 0.05) is 0 Å². The summed E-state index contributed by atoms with van der Waals surface area (Å²) in [5.74, 6) is -8.52. The molecular weight excluding hydrogens is 392 g/mol. The zero-order chi connectivity index (χ0) is 23.1. The second-order valence-corrected chi connectivity index (χ2v) is 7.97. The van der Waals surface area contributed by atoms with E-state index < -0.39 is 47.5 Å². The lowest BCUT2D eigenvalue weighted by Crippen LogP contribution is -2.30. The maximum Gasteiger partial charge on any atom is 0.307 e. The Kier molecular flexibility index (Phi) is 14.6. The first kappa shape index (κ1) is 27.9. The van der Waals surface area contributed by atoms with Gasteiger partial charge in [0.1, 0.15) is 0 Å². The highest BCUT2D eigenvalue weighted by Crippen LogP contribution is 2.26. The number of aliphatic carboxylic acids is 4. The minimum absolute atomic E-state index is 0.229. The van der Waals surface area contributed by atoms with Crippen molar-refractivity contribution in [3.05, 3.63) is 6.92 Å². The van der Waals surface area contributed by atoms with Gasteiger partial charge in [0.15, 0.2) is 0 Å². The molecule has 0 rings (SSSR count). The number of hydrogen-bond donors (Lipinski definition) is 4. The van der Waals surface area contributed by atoms with Gasteiger partial charge >= 0.3 is 23.9 Å². The summed E-state index contributed by atoms with van der Waals surface area (Å²) >= 11 is 0. The van der Waals surface area contributed by atoms with Gasteiger partial charge in [-0.15, -0.1) is 0 Å². The third-order valence-electron chi connectivity index (χ3n) is 5.64. The molecule has 8 heteroatoms. The van der Waals surface area contributed by atoms with Gasteiger partial charge in [-0.25, -0.2) is 0 Å². The van der Waals surface area contributed by atoms with E-state index in [4.69, 9.17) is 10.2 Å². The van der Waals surface area contributed by atoms with Gasteiger partial charge in [-0.05, 0) is 26.2 Å². The van der Waals surface area contributed by atoms with Gasteiger partial charge in [-0.2, -0.15) is 0 Å². The van der Waals surface area contributed by atoms with E-state index in [9.17, 15) is 29.4 Å². The molecule has 0 heterocycles. The van der Waals surface area contributed by atoms with E-state index in [1.807, 2.05) is 0 Å². The van der Waals surface area contributed by atoms with Crippen LogP contribution in [0.5, 0.6) is 0 Å². The highest BCUT2D eigenvalue weighted by molar-refractivity contribution is 5.80. The summed E-state index contributed by atoms with van der Waals surface area (Å²) in [6.45, 7) is 5.46. The van der Waals surface area contributed by atoms with Crippen molar-refractivity contribution in [2.45, 2.75) is 84.0 Å². The first-order valence-corrected chi connectivity index (χ1v) is 10.9. The summed E-state index contributed by atoms with van der Waals surface area (Å²) in [6, 6.07) is 0. The van der Waals surface area contributed by atoms with E-state index in [1.165, 1.54) is 0 Å². The first-order valence-electron chi connectivity index (χ1n) is 10.9. The molecule has 30 heavy (non-hydrogen) atoms. The minimum atomic E-state index is -1.23. The summed E-state index contributed by atoms with van der Waals surface area (Å²) in [5, 5.41) is 37.0. The Hall–Kier alpha value is -2.12. The number of rotatable bonds is 19. The second-order valence-electron chi connectivity index (χ2n) is 7.97. The maximum atomic E-state index is 11.6. The largest absolute Gasteiger partial charge is 0.481 e. The summed E-state index contributed by atoms with van der Waals surface area (Å²) in [4.78, 5) is 45.2. The van der Waals surface area contributed by atoms with Crippen LogP contribution in [-0.2, 0) is 19.2 Å². The van der Waals surface area contributed by atoms with Crippen LogP contribution in [0.2, 0.25) is 0 Å². The molecule has 0 saturated heterocycles. The van der Waals surface area contributed by atoms with Crippen molar-refractivity contribution in [3.63, 3.8) is 0 Å². The Morgan fingerprint density at radius 2 is 0.900 bits per heavy atom. The Morgan fingerprint density at radius 1 is 0.567 bits per heavy atom. The SMILES string of the molecule is [CH2]C(C(=O)O)C(CCCCCCCC(C(=O)O)C(CCCCCC)C(=O)O)C(=O)O. The molecule has 4 unspecified atom stereocenters. The van der Waals surface area contributed by atoms with Gasteiger partial charge in [0.05, 0.1) is 23.7 Å². The average molecular weight is 430 g/mol. The maximum absolute atomic E-state index is 11.6. The monoisotopic (exact) mass is 429 g/mol. The van der Waals surface area contributed by atoms with Crippen LogP contribution in [0.1, 0.15) is 84.0 Å². The van der Waals surface area contributed by atoms with Gasteiger partial charge in [0.25, 0.3) is 0 Å². The fourth-order valence-electron chi connectivity index (χ4n) is 3.71. The molecule has 0 aromatic carbocycles. The van der Waals surface area contributed by atoms with Crippen molar-refractivity contribution in [3.8, 4) is 0 Å². The van der Waals surface area contributed by atoms with Crippen LogP contribution >= 0.6 is 0 Å². The van der Waals surface area contributed by atoms with E-state index in [-0.39, 0.29) is 6.42 Å². The molecule has 1 radical (unpaired) electrons. The zero-order valence-corrected chi connectivity index (χ0v) is 17.9. The highest BCUT2D eigenvalue weighted by atomic mass is 16.4. The summed E-state index contributed by atoms with van der Waals surface area (Å²) in [5.41, 5.74) is 0. The van der Waals surface area contributed by atoms with Crippen LogP contribution in [0, 0.1) is 30.6 Å². The summed E-state index contributed by atoms with van der Waals surface area (Å²) < 4.78 is 0.